The van der Waals surface area contributed by atoms with Crippen LogP contribution >= 0.6 is 23.2 Å². The highest BCUT2D eigenvalue weighted by molar-refractivity contribution is 6.36. The molecule has 0 unspecified atom stereocenters. The van der Waals surface area contributed by atoms with Crippen molar-refractivity contribution in [3.63, 3.8) is 0 Å². The van der Waals surface area contributed by atoms with E-state index in [4.69, 9.17) is 27.9 Å². The van der Waals surface area contributed by atoms with Crippen LogP contribution in [0.15, 0.2) is 24.3 Å². The number of ether oxygens (including phenoxy) is 1. The highest BCUT2D eigenvalue weighted by atomic mass is 35.5. The van der Waals surface area contributed by atoms with Crippen molar-refractivity contribution < 1.29 is 9.53 Å². The number of H-pyrrole nitrogens is 1. The molecular weight excluding hydrogens is 325 g/mol. The summed E-state index contributed by atoms with van der Waals surface area (Å²) in [6, 6.07) is 6.79. The Kier molecular flexibility index (Phi) is 6.24. The second-order valence-corrected chi connectivity index (χ2v) is 5.44. The number of aromatic nitrogens is 2. The van der Waals surface area contributed by atoms with Crippen LogP contribution in [0.25, 0.3) is 11.3 Å². The quantitative estimate of drug-likeness (QED) is 0.757. The number of nitrogens with one attached hydrogen (secondary N) is 2. The lowest BCUT2D eigenvalue weighted by molar-refractivity contribution is 0.0939. The van der Waals surface area contributed by atoms with Crippen molar-refractivity contribution in [3.8, 4) is 11.3 Å². The molecule has 0 radical (unpaired) electrons. The first-order valence-electron chi connectivity index (χ1n) is 6.98. The molecule has 1 aromatic heterocycles. The van der Waals surface area contributed by atoms with Gasteiger partial charge in [-0.2, -0.15) is 5.10 Å². The molecule has 2 rings (SSSR count). The molecule has 0 aliphatic heterocycles. The Morgan fingerprint density at radius 2 is 2.18 bits per heavy atom. The fourth-order valence-electron chi connectivity index (χ4n) is 1.89. The fourth-order valence-corrected chi connectivity index (χ4v) is 2.39. The van der Waals surface area contributed by atoms with E-state index in [1.807, 2.05) is 6.92 Å². The zero-order valence-corrected chi connectivity index (χ0v) is 13.7. The van der Waals surface area contributed by atoms with Gasteiger partial charge in [-0.1, -0.05) is 23.2 Å². The van der Waals surface area contributed by atoms with Crippen molar-refractivity contribution in [1.29, 1.82) is 0 Å². The van der Waals surface area contributed by atoms with Gasteiger partial charge in [0.25, 0.3) is 5.91 Å². The highest BCUT2D eigenvalue weighted by Crippen LogP contribution is 2.29. The molecule has 0 bridgehead atoms. The van der Waals surface area contributed by atoms with E-state index in [1.54, 1.807) is 24.3 Å². The molecule has 0 saturated carbocycles. The van der Waals surface area contributed by atoms with Gasteiger partial charge in [-0.15, -0.1) is 0 Å². The number of aromatic amines is 1. The predicted octanol–water partition coefficient (Wildman–Crippen LogP) is 3.54. The maximum atomic E-state index is 12.0. The van der Waals surface area contributed by atoms with E-state index in [-0.39, 0.29) is 5.91 Å². The van der Waals surface area contributed by atoms with Gasteiger partial charge in [-0.25, -0.2) is 0 Å². The summed E-state index contributed by atoms with van der Waals surface area (Å²) in [6.45, 7) is 3.80. The number of carbonyl (C=O) groups excluding carboxylic acids is 1. The molecular formula is C15H17Cl2N3O2. The van der Waals surface area contributed by atoms with Crippen molar-refractivity contribution in [3.05, 3.63) is 40.0 Å². The number of hydrogen-bond acceptors (Lipinski definition) is 3. The zero-order valence-electron chi connectivity index (χ0n) is 12.2. The van der Waals surface area contributed by atoms with Gasteiger partial charge in [0.2, 0.25) is 0 Å². The predicted molar refractivity (Wildman–Crippen MR) is 87.5 cm³/mol. The van der Waals surface area contributed by atoms with Crippen LogP contribution in [0.5, 0.6) is 0 Å². The van der Waals surface area contributed by atoms with Crippen molar-refractivity contribution in [2.75, 3.05) is 19.8 Å². The molecule has 22 heavy (non-hydrogen) atoms. The Morgan fingerprint density at radius 1 is 1.36 bits per heavy atom. The van der Waals surface area contributed by atoms with Crippen LogP contribution in [0.2, 0.25) is 10.0 Å². The van der Waals surface area contributed by atoms with Crippen molar-refractivity contribution in [2.24, 2.45) is 0 Å². The molecule has 0 spiro atoms. The smallest absolute Gasteiger partial charge is 0.269 e. The SMILES string of the molecule is CCOCCCNC(=O)c1cc(-c2ccc(Cl)cc2Cl)n[nH]1. The van der Waals surface area contributed by atoms with Crippen LogP contribution in [-0.2, 0) is 4.74 Å². The Balaban J connectivity index is 1.97. The largest absolute Gasteiger partial charge is 0.382 e. The maximum absolute atomic E-state index is 12.0. The Bertz CT molecular complexity index is 643. The normalized spacial score (nSPS) is 10.7. The minimum atomic E-state index is -0.208. The number of halogens is 2. The minimum Gasteiger partial charge on any atom is -0.382 e. The van der Waals surface area contributed by atoms with Crippen LogP contribution in [0.4, 0.5) is 0 Å². The monoisotopic (exact) mass is 341 g/mol. The van der Waals surface area contributed by atoms with Crippen molar-refractivity contribution >= 4 is 29.1 Å². The molecule has 5 nitrogen and oxygen atoms in total. The summed E-state index contributed by atoms with van der Waals surface area (Å²) < 4.78 is 5.21. The number of amides is 1. The van der Waals surface area contributed by atoms with Crippen LogP contribution in [-0.4, -0.2) is 35.9 Å². The maximum Gasteiger partial charge on any atom is 0.269 e. The van der Waals surface area contributed by atoms with E-state index in [9.17, 15) is 4.79 Å². The number of carbonyl (C=O) groups is 1. The van der Waals surface area contributed by atoms with Gasteiger partial charge in [-0.3, -0.25) is 9.89 Å². The van der Waals surface area contributed by atoms with E-state index < -0.39 is 0 Å². The van der Waals surface area contributed by atoms with Crippen molar-refractivity contribution in [1.82, 2.24) is 15.5 Å². The lowest BCUT2D eigenvalue weighted by Gasteiger charge is -2.03. The first kappa shape index (κ1) is 16.8. The molecule has 1 aromatic carbocycles. The molecule has 0 aliphatic carbocycles. The molecule has 0 saturated heterocycles. The van der Waals surface area contributed by atoms with Crippen LogP contribution in [0.1, 0.15) is 23.8 Å². The first-order valence-corrected chi connectivity index (χ1v) is 7.74. The third-order valence-corrected chi connectivity index (χ3v) is 3.53. The fraction of sp³-hybridized carbons (Fsp3) is 0.333. The molecule has 0 atom stereocenters. The van der Waals surface area contributed by atoms with E-state index in [0.717, 1.165) is 12.0 Å². The van der Waals surface area contributed by atoms with Gasteiger partial charge in [0.1, 0.15) is 5.69 Å². The second kappa shape index (κ2) is 8.17. The highest BCUT2D eigenvalue weighted by Gasteiger charge is 2.12. The molecule has 1 heterocycles. The summed E-state index contributed by atoms with van der Waals surface area (Å²) in [7, 11) is 0. The molecule has 2 aromatic rings. The Labute approximate surface area is 139 Å². The molecule has 7 heteroatoms. The van der Waals surface area contributed by atoms with E-state index in [0.29, 0.717) is 41.2 Å². The number of benzene rings is 1. The number of nitrogens with zero attached hydrogens (tertiary/aromatic N) is 1. The summed E-state index contributed by atoms with van der Waals surface area (Å²) in [4.78, 5) is 12.0. The van der Waals surface area contributed by atoms with E-state index in [1.165, 1.54) is 0 Å². The number of hydrogen-bond donors (Lipinski definition) is 2. The summed E-state index contributed by atoms with van der Waals surface area (Å²) in [5.74, 6) is -0.208. The third kappa shape index (κ3) is 4.47. The van der Waals surface area contributed by atoms with Gasteiger partial charge < -0.3 is 10.1 Å². The lowest BCUT2D eigenvalue weighted by atomic mass is 10.1. The van der Waals surface area contributed by atoms with Gasteiger partial charge >= 0.3 is 0 Å². The van der Waals surface area contributed by atoms with E-state index >= 15 is 0 Å². The molecule has 0 fully saturated rings. The Hall–Kier alpha value is -1.56. The summed E-state index contributed by atoms with van der Waals surface area (Å²) in [5, 5.41) is 10.7. The van der Waals surface area contributed by atoms with Gasteiger partial charge in [0, 0.05) is 30.3 Å². The van der Waals surface area contributed by atoms with Gasteiger partial charge in [0.15, 0.2) is 0 Å². The topological polar surface area (TPSA) is 67.0 Å². The lowest BCUT2D eigenvalue weighted by Crippen LogP contribution is -2.25. The second-order valence-electron chi connectivity index (χ2n) is 4.60. The van der Waals surface area contributed by atoms with Crippen LogP contribution in [0, 0.1) is 0 Å². The third-order valence-electron chi connectivity index (χ3n) is 2.98. The Morgan fingerprint density at radius 3 is 2.91 bits per heavy atom. The number of rotatable bonds is 7. The molecule has 118 valence electrons. The minimum absolute atomic E-state index is 0.208. The average molecular weight is 342 g/mol. The summed E-state index contributed by atoms with van der Waals surface area (Å²) >= 11 is 12.0. The standard InChI is InChI=1S/C15H17Cl2N3O2/c1-2-22-7-3-6-18-15(21)14-9-13(19-20-14)11-5-4-10(16)8-12(11)17/h4-5,8-9H,2-3,6-7H2,1H3,(H,18,21)(H,19,20). The van der Waals surface area contributed by atoms with Crippen molar-refractivity contribution in [2.45, 2.75) is 13.3 Å². The average Bonchev–Trinajstić information content (AvgIpc) is 2.96. The van der Waals surface area contributed by atoms with Crippen LogP contribution in [0.3, 0.4) is 0 Å². The van der Waals surface area contributed by atoms with E-state index in [2.05, 4.69) is 15.5 Å². The molecule has 1 amide bonds. The van der Waals surface area contributed by atoms with Gasteiger partial charge in [-0.05, 0) is 37.6 Å². The molecule has 2 N–H and O–H groups in total. The first-order chi connectivity index (χ1) is 10.6. The summed E-state index contributed by atoms with van der Waals surface area (Å²) in [6.07, 6.45) is 0.767. The zero-order chi connectivity index (χ0) is 15.9. The van der Waals surface area contributed by atoms with Gasteiger partial charge in [0.05, 0.1) is 10.7 Å². The molecule has 0 aliphatic rings. The summed E-state index contributed by atoms with van der Waals surface area (Å²) in [5.41, 5.74) is 1.70. The van der Waals surface area contributed by atoms with Crippen LogP contribution < -0.4 is 5.32 Å².